The third-order valence-corrected chi connectivity index (χ3v) is 3.69. The quantitative estimate of drug-likeness (QED) is 0.900. The molecule has 1 aromatic heterocycles. The van der Waals surface area contributed by atoms with Gasteiger partial charge in [0.15, 0.2) is 0 Å². The van der Waals surface area contributed by atoms with Crippen LogP contribution in [0.1, 0.15) is 42.7 Å². The van der Waals surface area contributed by atoms with Gasteiger partial charge in [0.25, 0.3) is 0 Å². The molecule has 3 rings (SSSR count). The molecule has 1 N–H and O–H groups in total. The molecule has 20 heavy (non-hydrogen) atoms. The fraction of sp³-hybridized carbons (Fsp3) is 0.412. The molecule has 0 fully saturated rings. The van der Waals surface area contributed by atoms with Crippen molar-refractivity contribution in [1.29, 1.82) is 0 Å². The molecule has 1 aromatic carbocycles. The van der Waals surface area contributed by atoms with Crippen LogP contribution in [0.15, 0.2) is 41.0 Å². The summed E-state index contributed by atoms with van der Waals surface area (Å²) < 4.78 is 11.3. The lowest BCUT2D eigenvalue weighted by Gasteiger charge is -2.21. The summed E-state index contributed by atoms with van der Waals surface area (Å²) in [5, 5.41) is 3.56. The first-order valence-corrected chi connectivity index (χ1v) is 7.41. The predicted octanol–water partition coefficient (Wildman–Crippen LogP) is 3.69. The summed E-state index contributed by atoms with van der Waals surface area (Å²) in [4.78, 5) is 0. The van der Waals surface area contributed by atoms with Crippen LogP contribution >= 0.6 is 0 Å². The maximum Gasteiger partial charge on any atom is 0.125 e. The molecule has 0 amide bonds. The lowest BCUT2D eigenvalue weighted by molar-refractivity contribution is 0.288. The molecule has 0 saturated heterocycles. The Kier molecular flexibility index (Phi) is 4.07. The highest BCUT2D eigenvalue weighted by molar-refractivity contribution is 5.41. The maximum atomic E-state index is 5.69. The van der Waals surface area contributed by atoms with Crippen molar-refractivity contribution in [2.24, 2.45) is 0 Å². The van der Waals surface area contributed by atoms with E-state index in [-0.39, 0.29) is 6.04 Å². The molecule has 3 heteroatoms. The van der Waals surface area contributed by atoms with Crippen LogP contribution in [0.25, 0.3) is 0 Å². The summed E-state index contributed by atoms with van der Waals surface area (Å²) in [6.45, 7) is 3.98. The second kappa shape index (κ2) is 6.14. The third kappa shape index (κ3) is 2.73. The zero-order valence-electron chi connectivity index (χ0n) is 11.9. The molecule has 106 valence electrons. The number of nitrogens with one attached hydrogen (secondary N) is 1. The predicted molar refractivity (Wildman–Crippen MR) is 79.1 cm³/mol. The molecule has 1 atom stereocenters. The second-order valence-electron chi connectivity index (χ2n) is 5.22. The van der Waals surface area contributed by atoms with Crippen molar-refractivity contribution < 1.29 is 9.15 Å². The largest absolute Gasteiger partial charge is 0.493 e. The monoisotopic (exact) mass is 271 g/mol. The Labute approximate surface area is 119 Å². The number of fused-ring (bicyclic) bond motifs is 1. The second-order valence-corrected chi connectivity index (χ2v) is 5.22. The fourth-order valence-electron chi connectivity index (χ4n) is 2.69. The van der Waals surface area contributed by atoms with Gasteiger partial charge in [0.1, 0.15) is 11.5 Å². The Morgan fingerprint density at radius 3 is 3.05 bits per heavy atom. The smallest absolute Gasteiger partial charge is 0.125 e. The Hall–Kier alpha value is -1.74. The van der Waals surface area contributed by atoms with Gasteiger partial charge in [-0.1, -0.05) is 19.1 Å². The fourth-order valence-corrected chi connectivity index (χ4v) is 2.69. The first-order valence-electron chi connectivity index (χ1n) is 7.41. The number of ether oxygens (including phenoxy) is 1. The number of aryl methyl sites for hydroxylation is 1. The topological polar surface area (TPSA) is 34.4 Å². The highest BCUT2D eigenvalue weighted by Crippen LogP contribution is 2.30. The minimum atomic E-state index is 0.122. The average Bonchev–Trinajstić information content (AvgIpc) is 3.02. The van der Waals surface area contributed by atoms with Crippen molar-refractivity contribution in [3.05, 3.63) is 53.5 Å². The number of hydrogen-bond acceptors (Lipinski definition) is 3. The van der Waals surface area contributed by atoms with Gasteiger partial charge in [-0.15, -0.1) is 0 Å². The molecule has 0 saturated carbocycles. The van der Waals surface area contributed by atoms with E-state index in [4.69, 9.17) is 9.15 Å². The summed E-state index contributed by atoms with van der Waals surface area (Å²) >= 11 is 0. The van der Waals surface area contributed by atoms with Gasteiger partial charge < -0.3 is 14.5 Å². The minimum Gasteiger partial charge on any atom is -0.493 e. The molecular weight excluding hydrogens is 250 g/mol. The molecule has 3 nitrogen and oxygen atoms in total. The molecule has 0 radical (unpaired) electrons. The van der Waals surface area contributed by atoms with E-state index in [0.29, 0.717) is 0 Å². The molecule has 2 aromatic rings. The lowest BCUT2D eigenvalue weighted by atomic mass is 9.98. The maximum absolute atomic E-state index is 5.69. The van der Waals surface area contributed by atoms with E-state index < -0.39 is 0 Å². The van der Waals surface area contributed by atoms with E-state index in [1.54, 1.807) is 6.26 Å². The number of hydrogen-bond donors (Lipinski definition) is 1. The lowest BCUT2D eigenvalue weighted by Crippen LogP contribution is -2.23. The summed E-state index contributed by atoms with van der Waals surface area (Å²) in [6.07, 6.45) is 5.04. The standard InChI is InChI=1S/C17H21NO2/c1-2-9-18-17(16-6-4-11-20-16)14-7-8-15-13(12-14)5-3-10-19-15/h4,6-8,11-12,17-18H,2-3,5,9-10H2,1H3. The van der Waals surface area contributed by atoms with E-state index in [9.17, 15) is 0 Å². The van der Waals surface area contributed by atoms with Gasteiger partial charge in [-0.25, -0.2) is 0 Å². The highest BCUT2D eigenvalue weighted by atomic mass is 16.5. The third-order valence-electron chi connectivity index (χ3n) is 3.69. The molecular formula is C17H21NO2. The molecule has 2 heterocycles. The van der Waals surface area contributed by atoms with E-state index >= 15 is 0 Å². The van der Waals surface area contributed by atoms with Crippen molar-refractivity contribution in [2.45, 2.75) is 32.2 Å². The zero-order chi connectivity index (χ0) is 13.8. The van der Waals surface area contributed by atoms with Crippen LogP contribution in [0, 0.1) is 0 Å². The summed E-state index contributed by atoms with van der Waals surface area (Å²) in [7, 11) is 0. The van der Waals surface area contributed by atoms with E-state index in [1.165, 1.54) is 11.1 Å². The minimum absolute atomic E-state index is 0.122. The number of benzene rings is 1. The summed E-state index contributed by atoms with van der Waals surface area (Å²) in [6, 6.07) is 10.6. The highest BCUT2D eigenvalue weighted by Gasteiger charge is 2.19. The Bertz CT molecular complexity index is 548. The normalized spacial score (nSPS) is 15.4. The average molecular weight is 271 g/mol. The van der Waals surface area contributed by atoms with Gasteiger partial charge in [0.2, 0.25) is 0 Å². The van der Waals surface area contributed by atoms with E-state index in [2.05, 4.69) is 30.4 Å². The molecule has 0 aliphatic carbocycles. The van der Waals surface area contributed by atoms with Crippen molar-refractivity contribution in [1.82, 2.24) is 5.32 Å². The van der Waals surface area contributed by atoms with Gasteiger partial charge in [-0.05, 0) is 55.1 Å². The van der Waals surface area contributed by atoms with Crippen molar-refractivity contribution in [2.75, 3.05) is 13.2 Å². The molecule has 0 bridgehead atoms. The number of rotatable bonds is 5. The van der Waals surface area contributed by atoms with Crippen molar-refractivity contribution in [3.8, 4) is 5.75 Å². The first-order chi connectivity index (χ1) is 9.88. The summed E-state index contributed by atoms with van der Waals surface area (Å²) in [5.74, 6) is 2.00. The van der Waals surface area contributed by atoms with Crippen LogP contribution in [-0.2, 0) is 6.42 Å². The first kappa shape index (κ1) is 13.3. The molecule has 1 aliphatic heterocycles. The summed E-state index contributed by atoms with van der Waals surface area (Å²) in [5.41, 5.74) is 2.56. The molecule has 1 aliphatic rings. The van der Waals surface area contributed by atoms with Crippen LogP contribution in [0.5, 0.6) is 5.75 Å². The molecule has 1 unspecified atom stereocenters. The van der Waals surface area contributed by atoms with Crippen LogP contribution in [0.2, 0.25) is 0 Å². The van der Waals surface area contributed by atoms with Crippen LogP contribution in [0.4, 0.5) is 0 Å². The zero-order valence-corrected chi connectivity index (χ0v) is 11.9. The SMILES string of the molecule is CCCNC(c1ccc2c(c1)CCCO2)c1ccco1. The Balaban J connectivity index is 1.90. The van der Waals surface area contributed by atoms with Crippen molar-refractivity contribution >= 4 is 0 Å². The van der Waals surface area contributed by atoms with Crippen LogP contribution < -0.4 is 10.1 Å². The van der Waals surface area contributed by atoms with Gasteiger partial charge in [0.05, 0.1) is 18.9 Å². The Morgan fingerprint density at radius 1 is 1.30 bits per heavy atom. The van der Waals surface area contributed by atoms with Gasteiger partial charge in [-0.2, -0.15) is 0 Å². The number of furan rings is 1. The van der Waals surface area contributed by atoms with E-state index in [1.807, 2.05) is 12.1 Å². The van der Waals surface area contributed by atoms with Crippen LogP contribution in [-0.4, -0.2) is 13.2 Å². The van der Waals surface area contributed by atoms with E-state index in [0.717, 1.165) is 43.9 Å². The van der Waals surface area contributed by atoms with Crippen molar-refractivity contribution in [3.63, 3.8) is 0 Å². The van der Waals surface area contributed by atoms with Gasteiger partial charge in [-0.3, -0.25) is 0 Å². The molecule has 0 spiro atoms. The van der Waals surface area contributed by atoms with Crippen LogP contribution in [0.3, 0.4) is 0 Å². The van der Waals surface area contributed by atoms with Gasteiger partial charge >= 0.3 is 0 Å². The Morgan fingerprint density at radius 2 is 2.25 bits per heavy atom. The van der Waals surface area contributed by atoms with Gasteiger partial charge in [0, 0.05) is 0 Å².